The van der Waals surface area contributed by atoms with Crippen molar-refractivity contribution in [3.8, 4) is 0 Å². The minimum absolute atomic E-state index is 0.0439. The number of nitrogens with one attached hydrogen (secondary N) is 2. The first kappa shape index (κ1) is 13.9. The van der Waals surface area contributed by atoms with Gasteiger partial charge in [-0.3, -0.25) is 10.6 Å². The summed E-state index contributed by atoms with van der Waals surface area (Å²) in [5.74, 6) is 5.30. The van der Waals surface area contributed by atoms with Gasteiger partial charge in [0.25, 0.3) is 5.91 Å². The van der Waals surface area contributed by atoms with Crippen molar-refractivity contribution in [2.24, 2.45) is 5.84 Å². The second kappa shape index (κ2) is 6.51. The Balaban J connectivity index is 2.66. The summed E-state index contributed by atoms with van der Waals surface area (Å²) in [6.45, 7) is 4.67. The van der Waals surface area contributed by atoms with Crippen LogP contribution in [0.2, 0.25) is 0 Å². The van der Waals surface area contributed by atoms with Gasteiger partial charge in [0.1, 0.15) is 0 Å². The van der Waals surface area contributed by atoms with E-state index in [1.807, 2.05) is 25.3 Å². The highest BCUT2D eigenvalue weighted by Gasteiger charge is 2.08. The maximum absolute atomic E-state index is 11.8. The second-order valence-electron chi connectivity index (χ2n) is 3.93. The van der Waals surface area contributed by atoms with Crippen LogP contribution in [-0.4, -0.2) is 24.0 Å². The Hall–Kier alpha value is -1.20. The molecule has 94 valence electrons. The van der Waals surface area contributed by atoms with Crippen LogP contribution in [0.4, 0.5) is 5.69 Å². The number of hydrazine groups is 1. The zero-order valence-electron chi connectivity index (χ0n) is 10.4. The number of carbonyl (C=O) groups is 1. The smallest absolute Gasteiger partial charge is 0.251 e. The molecule has 1 atom stereocenters. The largest absolute Gasteiger partial charge is 0.351 e. The molecule has 4 nitrogen and oxygen atoms in total. The van der Waals surface area contributed by atoms with Gasteiger partial charge in [0.15, 0.2) is 0 Å². The van der Waals surface area contributed by atoms with E-state index < -0.39 is 0 Å². The molecule has 0 radical (unpaired) electrons. The molecule has 0 saturated heterocycles. The van der Waals surface area contributed by atoms with Gasteiger partial charge in [-0.25, -0.2) is 0 Å². The van der Waals surface area contributed by atoms with Crippen LogP contribution in [0, 0.1) is 6.92 Å². The summed E-state index contributed by atoms with van der Waals surface area (Å²) in [7, 11) is 0. The summed E-state index contributed by atoms with van der Waals surface area (Å²) in [5.41, 5.74) is 5.04. The Morgan fingerprint density at radius 1 is 1.53 bits per heavy atom. The maximum atomic E-state index is 11.8. The third kappa shape index (κ3) is 3.94. The zero-order valence-corrected chi connectivity index (χ0v) is 11.2. The quantitative estimate of drug-likeness (QED) is 0.552. The lowest BCUT2D eigenvalue weighted by Crippen LogP contribution is -2.29. The molecule has 1 rings (SSSR count). The Morgan fingerprint density at radius 3 is 2.76 bits per heavy atom. The summed E-state index contributed by atoms with van der Waals surface area (Å²) in [4.78, 5) is 11.8. The van der Waals surface area contributed by atoms with Crippen molar-refractivity contribution >= 4 is 23.4 Å². The van der Waals surface area contributed by atoms with E-state index in [1.54, 1.807) is 17.8 Å². The van der Waals surface area contributed by atoms with Crippen LogP contribution in [0.25, 0.3) is 0 Å². The molecule has 0 aliphatic rings. The third-order valence-electron chi connectivity index (χ3n) is 2.60. The number of nitrogens with two attached hydrogens (primary N) is 1. The highest BCUT2D eigenvalue weighted by Crippen LogP contribution is 2.15. The van der Waals surface area contributed by atoms with E-state index in [9.17, 15) is 4.79 Å². The standard InChI is InChI=1S/C12H19N3OS/c1-8-6-10(4-5-11(8)15-13)12(16)14-7-9(2)17-3/h4-6,9,15H,7,13H2,1-3H3,(H,14,16). The van der Waals surface area contributed by atoms with E-state index in [1.165, 1.54) is 0 Å². The van der Waals surface area contributed by atoms with Gasteiger partial charge in [0, 0.05) is 17.4 Å². The first-order chi connectivity index (χ1) is 8.08. The van der Waals surface area contributed by atoms with E-state index in [4.69, 9.17) is 5.84 Å². The lowest BCUT2D eigenvalue weighted by atomic mass is 10.1. The van der Waals surface area contributed by atoms with Crippen LogP contribution < -0.4 is 16.6 Å². The summed E-state index contributed by atoms with van der Waals surface area (Å²) in [5, 5.41) is 3.32. The van der Waals surface area contributed by atoms with E-state index in [2.05, 4.69) is 17.7 Å². The Morgan fingerprint density at radius 2 is 2.24 bits per heavy atom. The molecule has 4 N–H and O–H groups in total. The van der Waals surface area contributed by atoms with Crippen molar-refractivity contribution in [2.45, 2.75) is 19.1 Å². The van der Waals surface area contributed by atoms with Gasteiger partial charge in [0.05, 0.1) is 5.69 Å². The molecular weight excluding hydrogens is 234 g/mol. The molecule has 0 aliphatic carbocycles. The summed E-state index contributed by atoms with van der Waals surface area (Å²) >= 11 is 1.73. The van der Waals surface area contributed by atoms with Crippen molar-refractivity contribution < 1.29 is 4.79 Å². The molecule has 0 saturated carbocycles. The fourth-order valence-electron chi connectivity index (χ4n) is 1.39. The van der Waals surface area contributed by atoms with Gasteiger partial charge in [-0.05, 0) is 36.9 Å². The average molecular weight is 253 g/mol. The molecule has 5 heteroatoms. The van der Waals surface area contributed by atoms with Crippen LogP contribution in [-0.2, 0) is 0 Å². The summed E-state index contributed by atoms with van der Waals surface area (Å²) < 4.78 is 0. The topological polar surface area (TPSA) is 67.2 Å². The molecule has 0 aliphatic heterocycles. The molecule has 1 aromatic rings. The number of rotatable bonds is 5. The normalized spacial score (nSPS) is 12.0. The summed E-state index contributed by atoms with van der Waals surface area (Å²) in [6.07, 6.45) is 2.03. The Kier molecular flexibility index (Phi) is 5.31. The van der Waals surface area contributed by atoms with E-state index in [0.29, 0.717) is 17.4 Å². The third-order valence-corrected chi connectivity index (χ3v) is 3.57. The van der Waals surface area contributed by atoms with E-state index in [0.717, 1.165) is 11.3 Å². The first-order valence-corrected chi connectivity index (χ1v) is 6.75. The first-order valence-electron chi connectivity index (χ1n) is 5.46. The molecule has 0 bridgehead atoms. The zero-order chi connectivity index (χ0) is 12.8. The molecule has 1 unspecified atom stereocenters. The van der Waals surface area contributed by atoms with Crippen molar-refractivity contribution in [3.63, 3.8) is 0 Å². The predicted molar refractivity (Wildman–Crippen MR) is 74.3 cm³/mol. The number of hydrogen-bond donors (Lipinski definition) is 3. The average Bonchev–Trinajstić information content (AvgIpc) is 2.35. The second-order valence-corrected chi connectivity index (χ2v) is 5.21. The number of aryl methyl sites for hydroxylation is 1. The van der Waals surface area contributed by atoms with Crippen LogP contribution in [0.5, 0.6) is 0 Å². The van der Waals surface area contributed by atoms with Gasteiger partial charge in [-0.15, -0.1) is 0 Å². The van der Waals surface area contributed by atoms with E-state index in [-0.39, 0.29) is 5.91 Å². The molecule has 17 heavy (non-hydrogen) atoms. The van der Waals surface area contributed by atoms with Crippen LogP contribution in [0.1, 0.15) is 22.8 Å². The lowest BCUT2D eigenvalue weighted by molar-refractivity contribution is 0.0954. The minimum atomic E-state index is -0.0439. The molecule has 0 fully saturated rings. The molecular formula is C12H19N3OS. The molecule has 1 aromatic carbocycles. The van der Waals surface area contributed by atoms with Gasteiger partial charge in [0.2, 0.25) is 0 Å². The predicted octanol–water partition coefficient (Wildman–Crippen LogP) is 1.76. The van der Waals surface area contributed by atoms with Gasteiger partial charge in [-0.2, -0.15) is 11.8 Å². The van der Waals surface area contributed by atoms with Crippen molar-refractivity contribution in [3.05, 3.63) is 29.3 Å². The van der Waals surface area contributed by atoms with Gasteiger partial charge in [-0.1, -0.05) is 6.92 Å². The number of thioether (sulfide) groups is 1. The fourth-order valence-corrected chi connectivity index (χ4v) is 1.64. The van der Waals surface area contributed by atoms with Gasteiger partial charge >= 0.3 is 0 Å². The highest BCUT2D eigenvalue weighted by atomic mass is 32.2. The van der Waals surface area contributed by atoms with E-state index >= 15 is 0 Å². The number of carbonyl (C=O) groups excluding carboxylic acids is 1. The monoisotopic (exact) mass is 253 g/mol. The Labute approximate surface area is 106 Å². The van der Waals surface area contributed by atoms with Crippen LogP contribution >= 0.6 is 11.8 Å². The van der Waals surface area contributed by atoms with Crippen molar-refractivity contribution in [2.75, 3.05) is 18.2 Å². The molecule has 0 aromatic heterocycles. The minimum Gasteiger partial charge on any atom is -0.351 e. The number of amides is 1. The SMILES string of the molecule is CSC(C)CNC(=O)c1ccc(NN)c(C)c1. The lowest BCUT2D eigenvalue weighted by Gasteiger charge is -2.11. The maximum Gasteiger partial charge on any atom is 0.251 e. The molecule has 0 spiro atoms. The van der Waals surface area contributed by atoms with Gasteiger partial charge < -0.3 is 10.7 Å². The number of benzene rings is 1. The highest BCUT2D eigenvalue weighted by molar-refractivity contribution is 7.99. The number of nitrogen functional groups attached to an aromatic ring is 1. The number of hydrogen-bond acceptors (Lipinski definition) is 4. The van der Waals surface area contributed by atoms with Crippen molar-refractivity contribution in [1.82, 2.24) is 5.32 Å². The van der Waals surface area contributed by atoms with Crippen LogP contribution in [0.15, 0.2) is 18.2 Å². The Bertz CT molecular complexity index is 395. The number of anilines is 1. The fraction of sp³-hybridized carbons (Fsp3) is 0.417. The summed E-state index contributed by atoms with van der Waals surface area (Å²) in [6, 6.07) is 5.40. The molecule has 0 heterocycles. The van der Waals surface area contributed by atoms with Crippen LogP contribution in [0.3, 0.4) is 0 Å². The molecule has 1 amide bonds. The van der Waals surface area contributed by atoms with Crippen molar-refractivity contribution in [1.29, 1.82) is 0 Å².